The molecule has 0 spiro atoms. The van der Waals surface area contributed by atoms with Gasteiger partial charge in [0, 0.05) is 13.1 Å². The number of carbonyl (C=O) groups excluding carboxylic acids is 2. The molecular weight excluding hydrogens is 288 g/mol. The number of alkyl halides is 3. The molecule has 1 saturated heterocycles. The van der Waals surface area contributed by atoms with E-state index in [0.717, 1.165) is 0 Å². The Labute approximate surface area is 115 Å². The highest BCUT2D eigenvalue weighted by molar-refractivity contribution is 6.76. The van der Waals surface area contributed by atoms with Crippen LogP contribution < -0.4 is 0 Å². The van der Waals surface area contributed by atoms with Crippen molar-refractivity contribution in [3.05, 3.63) is 0 Å². The zero-order chi connectivity index (χ0) is 13.1. The van der Waals surface area contributed by atoms with Crippen molar-refractivity contribution < 1.29 is 14.3 Å². The van der Waals surface area contributed by atoms with Gasteiger partial charge in [0.15, 0.2) is 0 Å². The van der Waals surface area contributed by atoms with Gasteiger partial charge in [-0.25, -0.2) is 0 Å². The molecule has 0 aromatic carbocycles. The normalized spacial score (nSPS) is 21.2. The maximum Gasteiger partial charge on any atom is 0.310 e. The number of carbonyl (C=O) groups is 2. The van der Waals surface area contributed by atoms with Crippen molar-refractivity contribution in [1.29, 1.82) is 0 Å². The van der Waals surface area contributed by atoms with Gasteiger partial charge in [-0.2, -0.15) is 0 Å². The van der Waals surface area contributed by atoms with Gasteiger partial charge >= 0.3 is 5.97 Å². The SMILES string of the molecule is CCOC(=O)[C@H]1CCCN(C(=O)C(Cl)(Cl)Cl)C1. The Morgan fingerprint density at radius 3 is 2.59 bits per heavy atom. The fraction of sp³-hybridized carbons (Fsp3) is 0.800. The molecule has 1 aliphatic rings. The molecule has 1 heterocycles. The molecule has 7 heteroatoms. The number of likely N-dealkylation sites (tertiary alicyclic amines) is 1. The monoisotopic (exact) mass is 301 g/mol. The quantitative estimate of drug-likeness (QED) is 0.580. The predicted octanol–water partition coefficient (Wildman–Crippen LogP) is 2.16. The van der Waals surface area contributed by atoms with E-state index in [2.05, 4.69) is 0 Å². The largest absolute Gasteiger partial charge is 0.466 e. The molecule has 0 radical (unpaired) electrons. The first-order chi connectivity index (χ1) is 7.86. The lowest BCUT2D eigenvalue weighted by molar-refractivity contribution is -0.151. The summed E-state index contributed by atoms with van der Waals surface area (Å²) in [6.45, 7) is 2.83. The molecule has 98 valence electrons. The minimum Gasteiger partial charge on any atom is -0.466 e. The van der Waals surface area contributed by atoms with Crippen LogP contribution in [0.1, 0.15) is 19.8 Å². The average Bonchev–Trinajstić information content (AvgIpc) is 2.27. The van der Waals surface area contributed by atoms with Crippen LogP contribution in [0.4, 0.5) is 0 Å². The van der Waals surface area contributed by atoms with Gasteiger partial charge in [-0.3, -0.25) is 9.59 Å². The Kier molecular flexibility index (Phi) is 5.35. The lowest BCUT2D eigenvalue weighted by Crippen LogP contribution is -2.47. The standard InChI is InChI=1S/C10H14Cl3NO3/c1-2-17-8(15)7-4-3-5-14(6-7)9(16)10(11,12)13/h7H,2-6H2,1H3/t7-/m0/s1. The molecule has 0 N–H and O–H groups in total. The highest BCUT2D eigenvalue weighted by atomic mass is 35.6. The molecule has 0 aromatic rings. The summed E-state index contributed by atoms with van der Waals surface area (Å²) in [5, 5.41) is 0. The second-order valence-electron chi connectivity index (χ2n) is 3.84. The highest BCUT2D eigenvalue weighted by Gasteiger charge is 2.38. The predicted molar refractivity (Wildman–Crippen MR) is 66.2 cm³/mol. The molecule has 1 fully saturated rings. The maximum absolute atomic E-state index is 11.7. The van der Waals surface area contributed by atoms with E-state index in [-0.39, 0.29) is 18.4 Å². The molecule has 1 rings (SSSR count). The first-order valence-corrected chi connectivity index (χ1v) is 6.52. The molecule has 0 unspecified atom stereocenters. The Hall–Kier alpha value is -0.190. The second kappa shape index (κ2) is 6.12. The minimum absolute atomic E-state index is 0.256. The zero-order valence-corrected chi connectivity index (χ0v) is 11.7. The number of hydrogen-bond donors (Lipinski definition) is 0. The topological polar surface area (TPSA) is 46.6 Å². The second-order valence-corrected chi connectivity index (χ2v) is 6.12. The van der Waals surface area contributed by atoms with Gasteiger partial charge in [-0.15, -0.1) is 0 Å². The number of esters is 1. The van der Waals surface area contributed by atoms with Crippen molar-refractivity contribution in [2.75, 3.05) is 19.7 Å². The van der Waals surface area contributed by atoms with Crippen LogP contribution in [0, 0.1) is 5.92 Å². The first-order valence-electron chi connectivity index (χ1n) is 5.39. The first kappa shape index (κ1) is 14.9. The van der Waals surface area contributed by atoms with E-state index in [4.69, 9.17) is 39.5 Å². The van der Waals surface area contributed by atoms with Crippen LogP contribution in [0.3, 0.4) is 0 Å². The number of hydrogen-bond acceptors (Lipinski definition) is 3. The Balaban J connectivity index is 2.61. The molecule has 0 bridgehead atoms. The van der Waals surface area contributed by atoms with Gasteiger partial charge in [-0.1, -0.05) is 34.8 Å². The lowest BCUT2D eigenvalue weighted by atomic mass is 9.98. The summed E-state index contributed by atoms with van der Waals surface area (Å²) < 4.78 is 2.96. The summed E-state index contributed by atoms with van der Waals surface area (Å²) in [6.07, 6.45) is 1.40. The van der Waals surface area contributed by atoms with Gasteiger partial charge < -0.3 is 9.64 Å². The lowest BCUT2D eigenvalue weighted by Gasteiger charge is -2.33. The number of rotatable bonds is 2. The third-order valence-corrected chi connectivity index (χ3v) is 3.06. The summed E-state index contributed by atoms with van der Waals surface area (Å²) in [5.74, 6) is -1.20. The van der Waals surface area contributed by atoms with Crippen LogP contribution in [0.5, 0.6) is 0 Å². The summed E-state index contributed by atoms with van der Waals surface area (Å²) in [5.41, 5.74) is 0. The molecule has 4 nitrogen and oxygen atoms in total. The van der Waals surface area contributed by atoms with Crippen molar-refractivity contribution in [1.82, 2.24) is 4.90 Å². The summed E-state index contributed by atoms with van der Waals surface area (Å²) in [7, 11) is 0. The summed E-state index contributed by atoms with van der Waals surface area (Å²) >= 11 is 16.6. The highest BCUT2D eigenvalue weighted by Crippen LogP contribution is 2.30. The van der Waals surface area contributed by atoms with Crippen molar-refractivity contribution >= 4 is 46.7 Å². The molecule has 1 amide bonds. The van der Waals surface area contributed by atoms with Crippen molar-refractivity contribution in [3.63, 3.8) is 0 Å². The molecule has 17 heavy (non-hydrogen) atoms. The van der Waals surface area contributed by atoms with Crippen LogP contribution in [0.2, 0.25) is 0 Å². The van der Waals surface area contributed by atoms with Crippen LogP contribution in [-0.4, -0.2) is 40.3 Å². The van der Waals surface area contributed by atoms with Crippen LogP contribution in [-0.2, 0) is 14.3 Å². The van der Waals surface area contributed by atoms with Crippen LogP contribution >= 0.6 is 34.8 Å². The fourth-order valence-electron chi connectivity index (χ4n) is 1.79. The molecule has 0 aliphatic carbocycles. The maximum atomic E-state index is 11.7. The zero-order valence-electron chi connectivity index (χ0n) is 9.42. The Morgan fingerprint density at radius 2 is 2.06 bits per heavy atom. The Bertz CT molecular complexity index is 304. The van der Waals surface area contributed by atoms with Gasteiger partial charge in [0.25, 0.3) is 9.70 Å². The third-order valence-electron chi connectivity index (χ3n) is 2.57. The van der Waals surface area contributed by atoms with E-state index >= 15 is 0 Å². The van der Waals surface area contributed by atoms with Crippen LogP contribution in [0.25, 0.3) is 0 Å². The molecule has 1 atom stereocenters. The fourth-order valence-corrected chi connectivity index (χ4v) is 2.15. The van der Waals surface area contributed by atoms with Crippen molar-refractivity contribution in [3.8, 4) is 0 Å². The van der Waals surface area contributed by atoms with E-state index in [1.165, 1.54) is 4.90 Å². The average molecular weight is 303 g/mol. The van der Waals surface area contributed by atoms with E-state index in [1.807, 2.05) is 0 Å². The summed E-state index contributed by atoms with van der Waals surface area (Å²) in [6, 6.07) is 0. The number of halogens is 3. The smallest absolute Gasteiger partial charge is 0.310 e. The number of amides is 1. The van der Waals surface area contributed by atoms with Gasteiger partial charge in [0.1, 0.15) is 0 Å². The van der Waals surface area contributed by atoms with E-state index < -0.39 is 9.70 Å². The molecule has 1 aliphatic heterocycles. The third kappa shape index (κ3) is 4.19. The minimum atomic E-state index is -1.96. The van der Waals surface area contributed by atoms with Crippen molar-refractivity contribution in [2.24, 2.45) is 5.92 Å². The molecule has 0 saturated carbocycles. The summed E-state index contributed by atoms with van der Waals surface area (Å²) in [4.78, 5) is 24.7. The van der Waals surface area contributed by atoms with Gasteiger partial charge in [0.2, 0.25) is 0 Å². The Morgan fingerprint density at radius 1 is 1.41 bits per heavy atom. The van der Waals surface area contributed by atoms with Crippen LogP contribution in [0.15, 0.2) is 0 Å². The number of ether oxygens (including phenoxy) is 1. The molecular formula is C10H14Cl3NO3. The van der Waals surface area contributed by atoms with Gasteiger partial charge in [0.05, 0.1) is 12.5 Å². The number of nitrogens with zero attached hydrogens (tertiary/aromatic N) is 1. The van der Waals surface area contributed by atoms with E-state index in [9.17, 15) is 9.59 Å². The van der Waals surface area contributed by atoms with Crippen molar-refractivity contribution in [2.45, 2.75) is 23.6 Å². The number of piperidine rings is 1. The van der Waals surface area contributed by atoms with Gasteiger partial charge in [-0.05, 0) is 19.8 Å². The molecule has 0 aromatic heterocycles. The van der Waals surface area contributed by atoms with E-state index in [1.54, 1.807) is 6.92 Å². The van der Waals surface area contributed by atoms with E-state index in [0.29, 0.717) is 26.0 Å².